The molecule has 37 valence electrons. The third-order valence-corrected chi connectivity index (χ3v) is 1.58. The summed E-state index contributed by atoms with van der Waals surface area (Å²) in [6.07, 6.45) is 2.23. The standard InChI is InChI=1S/C6H8N/c1-5-2-3-6(5)4-7/h5-6H,1-3H2. The molecule has 0 heterocycles. The van der Waals surface area contributed by atoms with Crippen molar-refractivity contribution in [2.45, 2.75) is 12.8 Å². The first-order valence-electron chi connectivity index (χ1n) is 2.57. The summed E-state index contributed by atoms with van der Waals surface area (Å²) in [4.78, 5) is 0. The van der Waals surface area contributed by atoms with Crippen LogP contribution in [0.2, 0.25) is 0 Å². The highest BCUT2D eigenvalue weighted by Crippen LogP contribution is 2.31. The first kappa shape index (κ1) is 4.64. The number of nitrogens with zero attached hydrogens (tertiary/aromatic N) is 1. The van der Waals surface area contributed by atoms with Gasteiger partial charge in [0, 0.05) is 5.92 Å². The zero-order valence-corrected chi connectivity index (χ0v) is 4.22. The van der Waals surface area contributed by atoms with Crippen molar-refractivity contribution in [1.82, 2.24) is 0 Å². The van der Waals surface area contributed by atoms with E-state index in [1.807, 2.05) is 0 Å². The molecule has 2 atom stereocenters. The molecular formula is C6H8N. The van der Waals surface area contributed by atoms with Crippen molar-refractivity contribution in [3.05, 3.63) is 6.92 Å². The van der Waals surface area contributed by atoms with Crippen LogP contribution >= 0.6 is 0 Å². The molecule has 0 N–H and O–H groups in total. The lowest BCUT2D eigenvalue weighted by Gasteiger charge is -2.26. The van der Waals surface area contributed by atoms with Gasteiger partial charge in [-0.25, -0.2) is 0 Å². The second kappa shape index (κ2) is 1.54. The van der Waals surface area contributed by atoms with Gasteiger partial charge in [0.25, 0.3) is 0 Å². The van der Waals surface area contributed by atoms with E-state index in [9.17, 15) is 0 Å². The van der Waals surface area contributed by atoms with Crippen molar-refractivity contribution in [3.63, 3.8) is 0 Å². The number of hydrogen-bond acceptors (Lipinski definition) is 1. The van der Waals surface area contributed by atoms with E-state index in [0.29, 0.717) is 5.92 Å². The van der Waals surface area contributed by atoms with Gasteiger partial charge in [-0.3, -0.25) is 0 Å². The molecule has 0 saturated heterocycles. The summed E-state index contributed by atoms with van der Waals surface area (Å²) in [5, 5.41) is 8.27. The summed E-state index contributed by atoms with van der Waals surface area (Å²) in [7, 11) is 0. The Balaban J connectivity index is 2.33. The van der Waals surface area contributed by atoms with Crippen LogP contribution in [0, 0.1) is 30.1 Å². The lowest BCUT2D eigenvalue weighted by molar-refractivity contribution is 0.292. The number of hydrogen-bond donors (Lipinski definition) is 0. The molecule has 1 saturated carbocycles. The maximum Gasteiger partial charge on any atom is 0.0658 e. The molecule has 0 amide bonds. The molecule has 1 heteroatoms. The van der Waals surface area contributed by atoms with Gasteiger partial charge in [0.1, 0.15) is 0 Å². The molecule has 1 fully saturated rings. The fourth-order valence-electron chi connectivity index (χ4n) is 0.739. The largest absolute Gasteiger partial charge is 0.198 e. The quantitative estimate of drug-likeness (QED) is 0.444. The summed E-state index contributed by atoms with van der Waals surface area (Å²) in [6, 6.07) is 2.19. The van der Waals surface area contributed by atoms with Gasteiger partial charge in [0.15, 0.2) is 0 Å². The van der Waals surface area contributed by atoms with Crippen LogP contribution in [0.4, 0.5) is 0 Å². The van der Waals surface area contributed by atoms with Crippen LogP contribution in [-0.4, -0.2) is 0 Å². The van der Waals surface area contributed by atoms with E-state index in [-0.39, 0.29) is 5.92 Å². The molecule has 2 unspecified atom stereocenters. The van der Waals surface area contributed by atoms with Crippen molar-refractivity contribution >= 4 is 0 Å². The summed E-state index contributed by atoms with van der Waals surface area (Å²) in [5.41, 5.74) is 0. The van der Waals surface area contributed by atoms with Gasteiger partial charge in [-0.05, 0) is 25.7 Å². The third kappa shape index (κ3) is 0.608. The number of rotatable bonds is 0. The van der Waals surface area contributed by atoms with Gasteiger partial charge < -0.3 is 0 Å². The normalized spacial score (nSPS) is 38.9. The average molecular weight is 94.1 g/mol. The van der Waals surface area contributed by atoms with Crippen LogP contribution in [-0.2, 0) is 0 Å². The van der Waals surface area contributed by atoms with Crippen molar-refractivity contribution in [3.8, 4) is 6.07 Å². The van der Waals surface area contributed by atoms with Gasteiger partial charge in [-0.15, -0.1) is 0 Å². The maximum atomic E-state index is 8.27. The smallest absolute Gasteiger partial charge is 0.0658 e. The Morgan fingerprint density at radius 1 is 1.57 bits per heavy atom. The van der Waals surface area contributed by atoms with E-state index in [2.05, 4.69) is 13.0 Å². The molecule has 0 spiro atoms. The molecule has 0 bridgehead atoms. The van der Waals surface area contributed by atoms with Gasteiger partial charge in [0.05, 0.1) is 6.07 Å². The van der Waals surface area contributed by atoms with Crippen LogP contribution in [0.5, 0.6) is 0 Å². The minimum Gasteiger partial charge on any atom is -0.198 e. The van der Waals surface area contributed by atoms with E-state index >= 15 is 0 Å². The molecule has 0 aromatic heterocycles. The van der Waals surface area contributed by atoms with E-state index in [1.54, 1.807) is 0 Å². The van der Waals surface area contributed by atoms with E-state index < -0.39 is 0 Å². The van der Waals surface area contributed by atoms with Crippen LogP contribution < -0.4 is 0 Å². The Morgan fingerprint density at radius 2 is 2.29 bits per heavy atom. The average Bonchev–Trinajstić information content (AvgIpc) is 1.65. The van der Waals surface area contributed by atoms with Crippen molar-refractivity contribution in [1.29, 1.82) is 5.26 Å². The minimum atomic E-state index is 0.278. The first-order valence-corrected chi connectivity index (χ1v) is 2.57. The lowest BCUT2D eigenvalue weighted by Crippen LogP contribution is -2.20. The van der Waals surface area contributed by atoms with Gasteiger partial charge in [-0.1, -0.05) is 0 Å². The minimum absolute atomic E-state index is 0.278. The highest BCUT2D eigenvalue weighted by Gasteiger charge is 2.25. The zero-order chi connectivity index (χ0) is 5.28. The molecule has 0 aromatic rings. The molecular weight excluding hydrogens is 86.1 g/mol. The highest BCUT2D eigenvalue weighted by atomic mass is 14.4. The van der Waals surface area contributed by atoms with E-state index in [4.69, 9.17) is 5.26 Å². The number of nitriles is 1. The predicted molar refractivity (Wildman–Crippen MR) is 27.2 cm³/mol. The Morgan fingerprint density at radius 3 is 2.29 bits per heavy atom. The Bertz CT molecular complexity index is 101. The van der Waals surface area contributed by atoms with Crippen LogP contribution in [0.1, 0.15) is 12.8 Å². The molecule has 7 heavy (non-hydrogen) atoms. The van der Waals surface area contributed by atoms with Gasteiger partial charge in [-0.2, -0.15) is 5.26 Å². The van der Waals surface area contributed by atoms with E-state index in [0.717, 1.165) is 12.8 Å². The summed E-state index contributed by atoms with van der Waals surface area (Å²) in [6.45, 7) is 3.77. The van der Waals surface area contributed by atoms with Gasteiger partial charge in [0.2, 0.25) is 0 Å². The first-order chi connectivity index (χ1) is 3.34. The summed E-state index contributed by atoms with van der Waals surface area (Å²) < 4.78 is 0. The molecule has 0 aromatic carbocycles. The second-order valence-corrected chi connectivity index (χ2v) is 2.07. The SMILES string of the molecule is [CH2]C1CCC1C#N. The maximum absolute atomic E-state index is 8.27. The van der Waals surface area contributed by atoms with E-state index in [1.165, 1.54) is 0 Å². The second-order valence-electron chi connectivity index (χ2n) is 2.07. The highest BCUT2D eigenvalue weighted by molar-refractivity contribution is 4.96. The lowest BCUT2D eigenvalue weighted by atomic mass is 9.76. The van der Waals surface area contributed by atoms with Gasteiger partial charge >= 0.3 is 0 Å². The molecule has 1 aliphatic carbocycles. The predicted octanol–water partition coefficient (Wildman–Crippen LogP) is 1.37. The zero-order valence-electron chi connectivity index (χ0n) is 4.22. The third-order valence-electron chi connectivity index (χ3n) is 1.58. The van der Waals surface area contributed by atoms with Crippen molar-refractivity contribution < 1.29 is 0 Å². The molecule has 1 nitrogen and oxygen atoms in total. The Hall–Kier alpha value is -0.510. The van der Waals surface area contributed by atoms with Crippen LogP contribution in [0.3, 0.4) is 0 Å². The van der Waals surface area contributed by atoms with Crippen molar-refractivity contribution in [2.24, 2.45) is 11.8 Å². The van der Waals surface area contributed by atoms with Crippen molar-refractivity contribution in [2.75, 3.05) is 0 Å². The summed E-state index contributed by atoms with van der Waals surface area (Å²) >= 11 is 0. The molecule has 1 radical (unpaired) electrons. The Kier molecular flexibility index (Phi) is 1.02. The fraction of sp³-hybridized carbons (Fsp3) is 0.667. The summed E-state index contributed by atoms with van der Waals surface area (Å²) in [5.74, 6) is 0.713. The molecule has 1 rings (SSSR count). The topological polar surface area (TPSA) is 23.8 Å². The monoisotopic (exact) mass is 94.1 g/mol. The van der Waals surface area contributed by atoms with Crippen LogP contribution in [0.25, 0.3) is 0 Å². The van der Waals surface area contributed by atoms with Crippen LogP contribution in [0.15, 0.2) is 0 Å². The Labute approximate surface area is 44.0 Å². The molecule has 1 aliphatic rings. The fourth-order valence-corrected chi connectivity index (χ4v) is 0.739. The molecule has 0 aliphatic heterocycles.